The van der Waals surface area contributed by atoms with Gasteiger partial charge in [0.25, 0.3) is 6.43 Å². The Morgan fingerprint density at radius 1 is 0.844 bits per heavy atom. The molecule has 4 aromatic rings. The van der Waals surface area contributed by atoms with Crippen molar-refractivity contribution in [1.82, 2.24) is 4.98 Å². The van der Waals surface area contributed by atoms with Crippen molar-refractivity contribution in [3.8, 4) is 28.7 Å². The molecule has 32 heavy (non-hydrogen) atoms. The fraction of sp³-hybridized carbons (Fsp3) is 0.120. The van der Waals surface area contributed by atoms with E-state index in [2.05, 4.69) is 4.98 Å². The molecule has 0 bridgehead atoms. The number of para-hydroxylation sites is 1. The van der Waals surface area contributed by atoms with Gasteiger partial charge in [-0.05, 0) is 61.0 Å². The van der Waals surface area contributed by atoms with Crippen molar-refractivity contribution < 1.29 is 27.8 Å². The minimum Gasteiger partial charge on any atom is -0.457 e. The van der Waals surface area contributed by atoms with Crippen LogP contribution in [0.2, 0.25) is 0 Å². The summed E-state index contributed by atoms with van der Waals surface area (Å²) in [7, 11) is 0. The number of carbonyl (C=O) groups excluding carboxylic acids is 1. The molecule has 1 heterocycles. The summed E-state index contributed by atoms with van der Waals surface area (Å²) in [5, 5.41) is 0.397. The number of alkyl halides is 2. The zero-order chi connectivity index (χ0) is 22.7. The second-order valence-corrected chi connectivity index (χ2v) is 7.06. The van der Waals surface area contributed by atoms with Crippen LogP contribution in [0.3, 0.4) is 0 Å². The summed E-state index contributed by atoms with van der Waals surface area (Å²) in [5.41, 5.74) is 0.515. The Morgan fingerprint density at radius 3 is 2.09 bits per heavy atom. The van der Waals surface area contributed by atoms with E-state index in [1.807, 2.05) is 30.3 Å². The second kappa shape index (κ2) is 9.01. The number of pyridine rings is 1. The van der Waals surface area contributed by atoms with E-state index in [4.69, 9.17) is 14.2 Å². The van der Waals surface area contributed by atoms with Gasteiger partial charge in [0.05, 0.1) is 5.52 Å². The summed E-state index contributed by atoms with van der Waals surface area (Å²) < 4.78 is 43.3. The Labute approximate surface area is 183 Å². The van der Waals surface area contributed by atoms with E-state index < -0.39 is 18.1 Å². The molecule has 5 nitrogen and oxygen atoms in total. The average Bonchev–Trinajstić information content (AvgIpc) is 2.76. The fourth-order valence-corrected chi connectivity index (χ4v) is 3.13. The van der Waals surface area contributed by atoms with Crippen LogP contribution in [0, 0.1) is 6.92 Å². The van der Waals surface area contributed by atoms with Crippen molar-refractivity contribution >= 4 is 16.9 Å². The predicted octanol–water partition coefficient (Wildman–Crippen LogP) is 6.99. The van der Waals surface area contributed by atoms with Gasteiger partial charge in [-0.2, -0.15) is 0 Å². The molecule has 0 spiro atoms. The van der Waals surface area contributed by atoms with Gasteiger partial charge in [0.15, 0.2) is 0 Å². The summed E-state index contributed by atoms with van der Waals surface area (Å²) in [6.07, 6.45) is -2.79. The van der Waals surface area contributed by atoms with Gasteiger partial charge in [-0.15, -0.1) is 0 Å². The summed E-state index contributed by atoms with van der Waals surface area (Å²) in [6, 6.07) is 20.8. The fourth-order valence-electron chi connectivity index (χ4n) is 3.13. The van der Waals surface area contributed by atoms with Gasteiger partial charge in [0, 0.05) is 18.4 Å². The third kappa shape index (κ3) is 4.83. The zero-order valence-corrected chi connectivity index (χ0v) is 17.3. The zero-order valence-electron chi connectivity index (χ0n) is 17.3. The number of aromatic nitrogens is 1. The summed E-state index contributed by atoms with van der Waals surface area (Å²) >= 11 is 0. The lowest BCUT2D eigenvalue weighted by Crippen LogP contribution is -2.04. The molecule has 0 aliphatic carbocycles. The number of carbonyl (C=O) groups is 1. The van der Waals surface area contributed by atoms with E-state index in [1.165, 1.54) is 6.92 Å². The molecule has 0 amide bonds. The number of esters is 1. The van der Waals surface area contributed by atoms with Crippen LogP contribution in [0.4, 0.5) is 8.78 Å². The number of aryl methyl sites for hydroxylation is 1. The highest BCUT2D eigenvalue weighted by molar-refractivity contribution is 5.89. The smallest absolute Gasteiger partial charge is 0.308 e. The molecule has 0 aliphatic rings. The maximum Gasteiger partial charge on any atom is 0.308 e. The highest BCUT2D eigenvalue weighted by atomic mass is 19.3. The van der Waals surface area contributed by atoms with Crippen molar-refractivity contribution in [2.75, 3.05) is 0 Å². The summed E-state index contributed by atoms with van der Waals surface area (Å²) in [6.45, 7) is 2.99. The minimum atomic E-state index is -2.79. The lowest BCUT2D eigenvalue weighted by molar-refractivity contribution is -0.131. The molecule has 4 rings (SSSR count). The lowest BCUT2D eigenvalue weighted by atomic mass is 10.1. The van der Waals surface area contributed by atoms with E-state index in [-0.39, 0.29) is 11.3 Å². The monoisotopic (exact) mass is 435 g/mol. The van der Waals surface area contributed by atoms with Gasteiger partial charge in [0.2, 0.25) is 0 Å². The molecule has 0 unspecified atom stereocenters. The number of hydrogen-bond donors (Lipinski definition) is 0. The number of halogens is 2. The number of benzene rings is 3. The molecule has 0 fully saturated rings. The molecular formula is C25H19F2NO4. The van der Waals surface area contributed by atoms with Crippen molar-refractivity contribution in [3.05, 3.63) is 84.1 Å². The van der Waals surface area contributed by atoms with Crippen LogP contribution >= 0.6 is 0 Å². The molecular weight excluding hydrogens is 416 g/mol. The molecule has 0 aliphatic heterocycles. The number of fused-ring (bicyclic) bond motifs is 1. The van der Waals surface area contributed by atoms with Crippen molar-refractivity contribution in [3.63, 3.8) is 0 Å². The van der Waals surface area contributed by atoms with Crippen LogP contribution in [0.15, 0.2) is 72.8 Å². The molecule has 3 aromatic carbocycles. The molecule has 0 radical (unpaired) electrons. The first-order valence-corrected chi connectivity index (χ1v) is 9.82. The Balaban J connectivity index is 1.63. The van der Waals surface area contributed by atoms with Gasteiger partial charge in [-0.3, -0.25) is 4.79 Å². The first-order chi connectivity index (χ1) is 15.4. The van der Waals surface area contributed by atoms with Crippen LogP contribution in [-0.4, -0.2) is 11.0 Å². The lowest BCUT2D eigenvalue weighted by Gasteiger charge is -2.14. The number of ether oxygens (including phenoxy) is 3. The van der Waals surface area contributed by atoms with E-state index >= 15 is 0 Å². The third-order valence-electron chi connectivity index (χ3n) is 4.59. The van der Waals surface area contributed by atoms with Gasteiger partial charge in [-0.25, -0.2) is 13.8 Å². The number of hydrogen-bond acceptors (Lipinski definition) is 5. The maximum absolute atomic E-state index is 13.2. The normalized spacial score (nSPS) is 10.9. The van der Waals surface area contributed by atoms with Gasteiger partial charge >= 0.3 is 5.97 Å². The Hall–Kier alpha value is -4.00. The first-order valence-electron chi connectivity index (χ1n) is 9.82. The minimum absolute atomic E-state index is 0.00857. The van der Waals surface area contributed by atoms with Gasteiger partial charge in [-0.1, -0.05) is 18.2 Å². The molecule has 0 atom stereocenters. The van der Waals surface area contributed by atoms with E-state index in [1.54, 1.807) is 43.3 Å². The Morgan fingerprint density at radius 2 is 1.47 bits per heavy atom. The third-order valence-corrected chi connectivity index (χ3v) is 4.59. The van der Waals surface area contributed by atoms with Crippen molar-refractivity contribution in [2.45, 2.75) is 20.3 Å². The maximum atomic E-state index is 13.2. The standard InChI is InChI=1S/C25H19F2NO4/c1-15-12-21-20(24(30-16(2)29)14-22(28-21)25(26)27)13-23(15)32-19-10-8-18(9-11-19)31-17-6-4-3-5-7-17/h3-14,25H,1-2H3. The Kier molecular flexibility index (Phi) is 5.98. The van der Waals surface area contributed by atoms with Crippen molar-refractivity contribution in [2.24, 2.45) is 0 Å². The van der Waals surface area contributed by atoms with Crippen LogP contribution < -0.4 is 14.2 Å². The van der Waals surface area contributed by atoms with Crippen LogP contribution in [0.5, 0.6) is 28.7 Å². The SMILES string of the molecule is CC(=O)Oc1cc(C(F)F)nc2cc(C)c(Oc3ccc(Oc4ccccc4)cc3)cc12. The topological polar surface area (TPSA) is 57.7 Å². The number of rotatable bonds is 6. The molecule has 162 valence electrons. The molecule has 1 aromatic heterocycles. The molecule has 7 heteroatoms. The van der Waals surface area contributed by atoms with Gasteiger partial charge in [0.1, 0.15) is 34.4 Å². The molecule has 0 saturated heterocycles. The van der Waals surface area contributed by atoms with E-state index in [0.717, 1.165) is 11.8 Å². The summed E-state index contributed by atoms with van der Waals surface area (Å²) in [5.74, 6) is 1.80. The van der Waals surface area contributed by atoms with Crippen LogP contribution in [0.1, 0.15) is 24.6 Å². The second-order valence-electron chi connectivity index (χ2n) is 7.06. The van der Waals surface area contributed by atoms with E-state index in [9.17, 15) is 13.6 Å². The largest absolute Gasteiger partial charge is 0.457 e. The van der Waals surface area contributed by atoms with Gasteiger partial charge < -0.3 is 14.2 Å². The predicted molar refractivity (Wildman–Crippen MR) is 116 cm³/mol. The quantitative estimate of drug-likeness (QED) is 0.306. The Bertz CT molecular complexity index is 1260. The van der Waals surface area contributed by atoms with Crippen LogP contribution in [-0.2, 0) is 4.79 Å². The average molecular weight is 435 g/mol. The highest BCUT2D eigenvalue weighted by Crippen LogP contribution is 2.36. The number of nitrogens with zero attached hydrogens (tertiary/aromatic N) is 1. The van der Waals surface area contributed by atoms with E-state index in [0.29, 0.717) is 28.2 Å². The summed E-state index contributed by atoms with van der Waals surface area (Å²) in [4.78, 5) is 15.5. The van der Waals surface area contributed by atoms with Crippen LogP contribution in [0.25, 0.3) is 10.9 Å². The van der Waals surface area contributed by atoms with Crippen molar-refractivity contribution in [1.29, 1.82) is 0 Å². The highest BCUT2D eigenvalue weighted by Gasteiger charge is 2.17. The molecule has 0 N–H and O–H groups in total. The molecule has 0 saturated carbocycles. The first kappa shape index (κ1) is 21.2.